The lowest BCUT2D eigenvalue weighted by atomic mass is 10.1. The third kappa shape index (κ3) is 3.28. The molecule has 0 radical (unpaired) electrons. The van der Waals surface area contributed by atoms with Gasteiger partial charge >= 0.3 is 0 Å². The quantitative estimate of drug-likeness (QED) is 0.625. The topological polar surface area (TPSA) is 12.5 Å². The van der Waals surface area contributed by atoms with E-state index in [0.717, 1.165) is 6.04 Å². The third-order valence-electron chi connectivity index (χ3n) is 3.34. The summed E-state index contributed by atoms with van der Waals surface area (Å²) in [4.78, 5) is 2.47. The molecule has 0 amide bonds. The van der Waals surface area contributed by atoms with Crippen LogP contribution in [-0.2, 0) is 4.74 Å². The predicted molar refractivity (Wildman–Crippen MR) is 56.0 cm³/mol. The maximum atomic E-state index is 5.41. The molecule has 2 heteroatoms. The van der Waals surface area contributed by atoms with Crippen LogP contribution in [0.5, 0.6) is 0 Å². The van der Waals surface area contributed by atoms with E-state index in [4.69, 9.17) is 4.74 Å². The smallest absolute Gasteiger partial charge is 0.0572 e. The Balaban J connectivity index is 2.35. The van der Waals surface area contributed by atoms with Gasteiger partial charge in [-0.15, -0.1) is 0 Å². The molecule has 0 spiro atoms. The van der Waals surface area contributed by atoms with Crippen LogP contribution in [-0.4, -0.2) is 37.7 Å². The van der Waals surface area contributed by atoms with Crippen molar-refractivity contribution >= 4 is 0 Å². The second kappa shape index (κ2) is 5.61. The number of hydrogen-bond donors (Lipinski definition) is 0. The summed E-state index contributed by atoms with van der Waals surface area (Å²) in [6.07, 6.45) is 7.01. The maximum absolute atomic E-state index is 5.41. The van der Waals surface area contributed by atoms with Gasteiger partial charge in [0, 0.05) is 13.2 Å². The molecule has 2 nitrogen and oxygen atoms in total. The molecule has 13 heavy (non-hydrogen) atoms. The van der Waals surface area contributed by atoms with Crippen LogP contribution < -0.4 is 0 Å². The van der Waals surface area contributed by atoms with Crippen molar-refractivity contribution in [1.82, 2.24) is 4.90 Å². The Bertz CT molecular complexity index is 138. The molecule has 1 saturated carbocycles. The molecule has 0 unspecified atom stereocenters. The van der Waals surface area contributed by atoms with Crippen LogP contribution in [0.3, 0.4) is 0 Å². The van der Waals surface area contributed by atoms with Gasteiger partial charge in [0.25, 0.3) is 0 Å². The van der Waals surface area contributed by atoms with Crippen molar-refractivity contribution in [3.05, 3.63) is 0 Å². The van der Waals surface area contributed by atoms with Gasteiger partial charge in [-0.2, -0.15) is 0 Å². The summed E-state index contributed by atoms with van der Waals surface area (Å²) in [5.74, 6) is 0. The predicted octanol–water partition coefficient (Wildman–Crippen LogP) is 2.29. The normalized spacial score (nSPS) is 30.5. The van der Waals surface area contributed by atoms with E-state index in [1.54, 1.807) is 0 Å². The molecule has 1 fully saturated rings. The number of ether oxygens (including phenoxy) is 1. The van der Waals surface area contributed by atoms with Gasteiger partial charge in [-0.25, -0.2) is 0 Å². The van der Waals surface area contributed by atoms with Crippen LogP contribution in [0.1, 0.15) is 39.0 Å². The van der Waals surface area contributed by atoms with Crippen LogP contribution in [0.25, 0.3) is 0 Å². The van der Waals surface area contributed by atoms with Crippen LogP contribution >= 0.6 is 0 Å². The average molecular weight is 185 g/mol. The van der Waals surface area contributed by atoms with E-state index in [2.05, 4.69) is 18.9 Å². The second-order valence-electron chi connectivity index (χ2n) is 4.09. The Kier molecular flexibility index (Phi) is 4.74. The lowest BCUT2D eigenvalue weighted by Gasteiger charge is -2.25. The highest BCUT2D eigenvalue weighted by Gasteiger charge is 2.20. The SMILES string of the molecule is CCN(C)[C@@H]1CCC[C@@H](OC)CC1. The minimum absolute atomic E-state index is 0.523. The van der Waals surface area contributed by atoms with Crippen molar-refractivity contribution in [2.24, 2.45) is 0 Å². The van der Waals surface area contributed by atoms with E-state index in [9.17, 15) is 0 Å². The number of nitrogens with zero attached hydrogens (tertiary/aromatic N) is 1. The van der Waals surface area contributed by atoms with Gasteiger partial charge < -0.3 is 9.64 Å². The zero-order valence-corrected chi connectivity index (χ0v) is 9.25. The van der Waals surface area contributed by atoms with Gasteiger partial charge in [0.1, 0.15) is 0 Å². The standard InChI is InChI=1S/C11H23NO/c1-4-12(2)10-6-5-7-11(13-3)9-8-10/h10-11H,4-9H2,1-3H3/t10-,11-/m1/s1. The molecule has 1 aliphatic rings. The maximum Gasteiger partial charge on any atom is 0.0572 e. The molecule has 1 rings (SSSR count). The van der Waals surface area contributed by atoms with Crippen molar-refractivity contribution in [1.29, 1.82) is 0 Å². The number of methoxy groups -OCH3 is 1. The van der Waals surface area contributed by atoms with E-state index in [0.29, 0.717) is 6.10 Å². The molecule has 0 aliphatic heterocycles. The lowest BCUT2D eigenvalue weighted by Crippen LogP contribution is -2.31. The fraction of sp³-hybridized carbons (Fsp3) is 1.00. The van der Waals surface area contributed by atoms with Gasteiger partial charge in [-0.1, -0.05) is 6.92 Å². The molecule has 0 saturated heterocycles. The minimum Gasteiger partial charge on any atom is -0.381 e. The Hall–Kier alpha value is -0.0800. The van der Waals surface area contributed by atoms with E-state index in [1.807, 2.05) is 7.11 Å². The highest BCUT2D eigenvalue weighted by molar-refractivity contribution is 4.75. The first-order valence-corrected chi connectivity index (χ1v) is 5.51. The fourth-order valence-electron chi connectivity index (χ4n) is 2.18. The van der Waals surface area contributed by atoms with Crippen molar-refractivity contribution < 1.29 is 4.74 Å². The van der Waals surface area contributed by atoms with Gasteiger partial charge in [0.05, 0.1) is 6.10 Å². The van der Waals surface area contributed by atoms with Gasteiger partial charge in [-0.3, -0.25) is 0 Å². The first-order chi connectivity index (χ1) is 6.27. The molecule has 0 aromatic rings. The van der Waals surface area contributed by atoms with E-state index >= 15 is 0 Å². The van der Waals surface area contributed by atoms with Gasteiger partial charge in [-0.05, 0) is 45.7 Å². The van der Waals surface area contributed by atoms with Gasteiger partial charge in [0.2, 0.25) is 0 Å². The van der Waals surface area contributed by atoms with Crippen LogP contribution in [0.2, 0.25) is 0 Å². The van der Waals surface area contributed by atoms with Crippen molar-refractivity contribution in [2.45, 2.75) is 51.2 Å². The molecule has 0 heterocycles. The van der Waals surface area contributed by atoms with Crippen molar-refractivity contribution in [3.8, 4) is 0 Å². The summed E-state index contributed by atoms with van der Waals surface area (Å²) in [7, 11) is 4.08. The average Bonchev–Trinajstić information content (AvgIpc) is 2.41. The van der Waals surface area contributed by atoms with Crippen LogP contribution in [0.4, 0.5) is 0 Å². The largest absolute Gasteiger partial charge is 0.381 e. The summed E-state index contributed by atoms with van der Waals surface area (Å²) in [5.41, 5.74) is 0. The Morgan fingerprint density at radius 3 is 2.62 bits per heavy atom. The second-order valence-corrected chi connectivity index (χ2v) is 4.09. The molecule has 78 valence electrons. The summed E-state index contributed by atoms with van der Waals surface area (Å²) in [6.45, 7) is 3.40. The van der Waals surface area contributed by atoms with Gasteiger partial charge in [0.15, 0.2) is 0 Å². The highest BCUT2D eigenvalue weighted by Crippen LogP contribution is 2.22. The Morgan fingerprint density at radius 1 is 1.23 bits per heavy atom. The monoisotopic (exact) mass is 185 g/mol. The zero-order valence-electron chi connectivity index (χ0n) is 9.25. The molecule has 1 aliphatic carbocycles. The van der Waals surface area contributed by atoms with Crippen LogP contribution in [0, 0.1) is 0 Å². The fourth-order valence-corrected chi connectivity index (χ4v) is 2.18. The molecule has 2 atom stereocenters. The third-order valence-corrected chi connectivity index (χ3v) is 3.34. The summed E-state index contributed by atoms with van der Waals surface area (Å²) < 4.78 is 5.41. The van der Waals surface area contributed by atoms with Crippen LogP contribution in [0.15, 0.2) is 0 Å². The lowest BCUT2D eigenvalue weighted by molar-refractivity contribution is 0.0877. The summed E-state index contributed by atoms with van der Waals surface area (Å²) >= 11 is 0. The first-order valence-electron chi connectivity index (χ1n) is 5.51. The molecule has 0 aromatic carbocycles. The Morgan fingerprint density at radius 2 is 2.00 bits per heavy atom. The zero-order chi connectivity index (χ0) is 9.68. The van der Waals surface area contributed by atoms with E-state index in [-0.39, 0.29) is 0 Å². The molecular formula is C11H23NO. The molecule has 0 aromatic heterocycles. The summed E-state index contributed by atoms with van der Waals surface area (Å²) in [5, 5.41) is 0. The molecule has 0 bridgehead atoms. The van der Waals surface area contributed by atoms with Crippen molar-refractivity contribution in [2.75, 3.05) is 20.7 Å². The first kappa shape index (κ1) is 11.0. The molecule has 0 N–H and O–H groups in total. The van der Waals surface area contributed by atoms with E-state index in [1.165, 1.54) is 38.6 Å². The van der Waals surface area contributed by atoms with E-state index < -0.39 is 0 Å². The minimum atomic E-state index is 0.523. The number of hydrogen-bond acceptors (Lipinski definition) is 2. The number of rotatable bonds is 3. The Labute approximate surface area is 82.3 Å². The van der Waals surface area contributed by atoms with Crippen molar-refractivity contribution in [3.63, 3.8) is 0 Å². The summed E-state index contributed by atoms with van der Waals surface area (Å²) in [6, 6.07) is 0.796. The molecular weight excluding hydrogens is 162 g/mol. The highest BCUT2D eigenvalue weighted by atomic mass is 16.5.